The Morgan fingerprint density at radius 1 is 1.32 bits per heavy atom. The van der Waals surface area contributed by atoms with Gasteiger partial charge in [0, 0.05) is 16.7 Å². The van der Waals surface area contributed by atoms with E-state index in [9.17, 15) is 4.79 Å². The number of amides is 1. The van der Waals surface area contributed by atoms with E-state index in [0.717, 1.165) is 41.4 Å². The van der Waals surface area contributed by atoms with Crippen LogP contribution in [-0.4, -0.2) is 12.5 Å². The van der Waals surface area contributed by atoms with Crippen molar-refractivity contribution in [2.45, 2.75) is 39.0 Å². The minimum atomic E-state index is -0.367. The van der Waals surface area contributed by atoms with Crippen LogP contribution in [0.15, 0.2) is 22.7 Å². The second-order valence-corrected chi connectivity index (χ2v) is 6.43. The van der Waals surface area contributed by atoms with Gasteiger partial charge < -0.3 is 11.1 Å². The Morgan fingerprint density at radius 2 is 2.00 bits per heavy atom. The van der Waals surface area contributed by atoms with Gasteiger partial charge in [-0.15, -0.1) is 0 Å². The van der Waals surface area contributed by atoms with E-state index in [2.05, 4.69) is 21.2 Å². The number of hydrogen-bond donors (Lipinski definition) is 2. The molecule has 1 aliphatic rings. The van der Waals surface area contributed by atoms with E-state index in [4.69, 9.17) is 5.73 Å². The first-order chi connectivity index (χ1) is 9.05. The summed E-state index contributed by atoms with van der Waals surface area (Å²) in [5.74, 6) is 0.0761. The lowest BCUT2D eigenvalue weighted by Gasteiger charge is -2.34. The average molecular weight is 325 g/mol. The van der Waals surface area contributed by atoms with Crippen LogP contribution in [0.2, 0.25) is 0 Å². The Balaban J connectivity index is 2.14. The maximum Gasteiger partial charge on any atom is 0.231 e. The number of carbonyl (C=O) groups is 1. The number of nitrogens with one attached hydrogen (secondary N) is 1. The summed E-state index contributed by atoms with van der Waals surface area (Å²) < 4.78 is 0.980. The van der Waals surface area contributed by atoms with Crippen molar-refractivity contribution in [1.29, 1.82) is 0 Å². The van der Waals surface area contributed by atoms with Crippen molar-refractivity contribution in [3.8, 4) is 0 Å². The third-order valence-corrected chi connectivity index (χ3v) is 4.44. The summed E-state index contributed by atoms with van der Waals surface area (Å²) in [6.07, 6.45) is 5.22. The number of aryl methyl sites for hydroxylation is 1. The number of nitrogens with two attached hydrogens (primary N) is 1. The molecule has 104 valence electrons. The molecule has 3 N–H and O–H groups in total. The lowest BCUT2D eigenvalue weighted by molar-refractivity contribution is -0.126. The molecule has 0 atom stereocenters. The topological polar surface area (TPSA) is 55.1 Å². The molecule has 0 aromatic heterocycles. The highest BCUT2D eigenvalue weighted by molar-refractivity contribution is 9.10. The molecular formula is C15H21BrN2O. The van der Waals surface area contributed by atoms with Gasteiger partial charge in [0.2, 0.25) is 5.91 Å². The van der Waals surface area contributed by atoms with Crippen molar-refractivity contribution in [3.05, 3.63) is 28.2 Å². The zero-order valence-corrected chi connectivity index (χ0v) is 12.9. The zero-order chi connectivity index (χ0) is 13.9. The molecule has 0 bridgehead atoms. The van der Waals surface area contributed by atoms with Crippen molar-refractivity contribution < 1.29 is 4.79 Å². The van der Waals surface area contributed by atoms with Crippen LogP contribution in [0.5, 0.6) is 0 Å². The van der Waals surface area contributed by atoms with Gasteiger partial charge in [-0.05, 0) is 43.5 Å². The van der Waals surface area contributed by atoms with E-state index in [0.29, 0.717) is 6.54 Å². The Kier molecular flexibility index (Phi) is 4.63. The number of benzene rings is 1. The quantitative estimate of drug-likeness (QED) is 0.892. The Morgan fingerprint density at radius 3 is 2.58 bits per heavy atom. The van der Waals surface area contributed by atoms with Gasteiger partial charge in [0.25, 0.3) is 0 Å². The van der Waals surface area contributed by atoms with Crippen molar-refractivity contribution >= 4 is 27.5 Å². The molecule has 3 nitrogen and oxygen atoms in total. The highest BCUT2D eigenvalue weighted by atomic mass is 79.9. The molecule has 0 aliphatic heterocycles. The SMILES string of the molecule is Cc1cc(Br)cc(NC(=O)C2(CN)CCCCC2)c1. The number of halogens is 1. The van der Waals surface area contributed by atoms with Crippen LogP contribution >= 0.6 is 15.9 Å². The number of anilines is 1. The van der Waals surface area contributed by atoms with Crippen molar-refractivity contribution in [2.24, 2.45) is 11.1 Å². The van der Waals surface area contributed by atoms with E-state index in [1.54, 1.807) is 0 Å². The molecule has 0 spiro atoms. The summed E-state index contributed by atoms with van der Waals surface area (Å²) >= 11 is 3.45. The van der Waals surface area contributed by atoms with E-state index < -0.39 is 0 Å². The average Bonchev–Trinajstić information content (AvgIpc) is 2.38. The van der Waals surface area contributed by atoms with Gasteiger partial charge in [0.15, 0.2) is 0 Å². The molecule has 0 heterocycles. The molecule has 1 fully saturated rings. The summed E-state index contributed by atoms with van der Waals surface area (Å²) in [7, 11) is 0. The molecule has 2 rings (SSSR count). The van der Waals surface area contributed by atoms with Crippen LogP contribution < -0.4 is 11.1 Å². The van der Waals surface area contributed by atoms with E-state index in [-0.39, 0.29) is 11.3 Å². The van der Waals surface area contributed by atoms with Crippen LogP contribution in [0.25, 0.3) is 0 Å². The minimum Gasteiger partial charge on any atom is -0.329 e. The second-order valence-electron chi connectivity index (χ2n) is 5.52. The molecule has 0 radical (unpaired) electrons. The Hall–Kier alpha value is -0.870. The summed E-state index contributed by atoms with van der Waals surface area (Å²) in [6.45, 7) is 2.45. The van der Waals surface area contributed by atoms with Gasteiger partial charge in [-0.3, -0.25) is 4.79 Å². The lowest BCUT2D eigenvalue weighted by Crippen LogP contribution is -2.43. The first-order valence-corrected chi connectivity index (χ1v) is 7.64. The maximum absolute atomic E-state index is 12.5. The van der Waals surface area contributed by atoms with Crippen molar-refractivity contribution in [2.75, 3.05) is 11.9 Å². The first kappa shape index (κ1) is 14.5. The van der Waals surface area contributed by atoms with Crippen LogP contribution in [-0.2, 0) is 4.79 Å². The maximum atomic E-state index is 12.5. The monoisotopic (exact) mass is 324 g/mol. The van der Waals surface area contributed by atoms with Gasteiger partial charge >= 0.3 is 0 Å². The van der Waals surface area contributed by atoms with Crippen LogP contribution in [0.1, 0.15) is 37.7 Å². The molecule has 1 amide bonds. The zero-order valence-electron chi connectivity index (χ0n) is 11.3. The Bertz CT molecular complexity index is 447. The molecule has 0 saturated heterocycles. The predicted octanol–water partition coefficient (Wildman–Crippen LogP) is 3.61. The van der Waals surface area contributed by atoms with Gasteiger partial charge in [-0.1, -0.05) is 35.2 Å². The number of hydrogen-bond acceptors (Lipinski definition) is 2. The molecular weight excluding hydrogens is 304 g/mol. The van der Waals surface area contributed by atoms with Gasteiger partial charge in [0.1, 0.15) is 0 Å². The third kappa shape index (κ3) is 3.37. The fourth-order valence-electron chi connectivity index (χ4n) is 2.82. The Labute approximate surface area is 123 Å². The normalized spacial score (nSPS) is 18.1. The third-order valence-electron chi connectivity index (χ3n) is 3.98. The van der Waals surface area contributed by atoms with E-state index in [1.165, 1.54) is 6.42 Å². The predicted molar refractivity (Wildman–Crippen MR) is 82.1 cm³/mol. The minimum absolute atomic E-state index is 0.0761. The summed E-state index contributed by atoms with van der Waals surface area (Å²) in [4.78, 5) is 12.5. The molecule has 0 unspecified atom stereocenters. The van der Waals surface area contributed by atoms with Gasteiger partial charge in [0.05, 0.1) is 5.41 Å². The molecule has 19 heavy (non-hydrogen) atoms. The first-order valence-electron chi connectivity index (χ1n) is 6.84. The summed E-state index contributed by atoms with van der Waals surface area (Å²) in [5.41, 5.74) is 7.48. The highest BCUT2D eigenvalue weighted by Gasteiger charge is 2.38. The lowest BCUT2D eigenvalue weighted by atomic mass is 9.73. The van der Waals surface area contributed by atoms with Crippen molar-refractivity contribution in [1.82, 2.24) is 0 Å². The molecule has 1 aromatic carbocycles. The summed E-state index contributed by atoms with van der Waals surface area (Å²) in [6, 6.07) is 5.93. The van der Waals surface area contributed by atoms with Gasteiger partial charge in [-0.25, -0.2) is 0 Å². The van der Waals surface area contributed by atoms with Crippen LogP contribution in [0.3, 0.4) is 0 Å². The standard InChI is InChI=1S/C15H21BrN2O/c1-11-7-12(16)9-13(8-11)18-14(19)15(10-17)5-3-2-4-6-15/h7-9H,2-6,10,17H2,1H3,(H,18,19). The molecule has 4 heteroatoms. The highest BCUT2D eigenvalue weighted by Crippen LogP contribution is 2.36. The van der Waals surface area contributed by atoms with Crippen LogP contribution in [0.4, 0.5) is 5.69 Å². The van der Waals surface area contributed by atoms with E-state index in [1.807, 2.05) is 25.1 Å². The van der Waals surface area contributed by atoms with Gasteiger partial charge in [-0.2, -0.15) is 0 Å². The number of rotatable bonds is 3. The fourth-order valence-corrected chi connectivity index (χ4v) is 3.43. The molecule has 1 aliphatic carbocycles. The van der Waals surface area contributed by atoms with E-state index >= 15 is 0 Å². The number of carbonyl (C=O) groups excluding carboxylic acids is 1. The smallest absolute Gasteiger partial charge is 0.231 e. The largest absolute Gasteiger partial charge is 0.329 e. The molecule has 1 saturated carbocycles. The fraction of sp³-hybridized carbons (Fsp3) is 0.533. The second kappa shape index (κ2) is 6.06. The van der Waals surface area contributed by atoms with Crippen LogP contribution in [0, 0.1) is 12.3 Å². The van der Waals surface area contributed by atoms with Crippen molar-refractivity contribution in [3.63, 3.8) is 0 Å². The molecule has 1 aromatic rings. The summed E-state index contributed by atoms with van der Waals surface area (Å²) in [5, 5.41) is 3.04.